The molecule has 0 radical (unpaired) electrons. The summed E-state index contributed by atoms with van der Waals surface area (Å²) in [6.07, 6.45) is 1.48. The number of benzene rings is 1. The topological polar surface area (TPSA) is 65.8 Å². The number of rotatable bonds is 3. The van der Waals surface area contributed by atoms with Gasteiger partial charge in [-0.15, -0.1) is 0 Å². The van der Waals surface area contributed by atoms with E-state index < -0.39 is 11.7 Å². The van der Waals surface area contributed by atoms with E-state index in [-0.39, 0.29) is 22.8 Å². The summed E-state index contributed by atoms with van der Waals surface area (Å²) in [7, 11) is 0. The number of nitriles is 1. The molecule has 1 N–H and O–H groups in total. The molecule has 6 heteroatoms. The van der Waals surface area contributed by atoms with Gasteiger partial charge < -0.3 is 5.32 Å². The first-order chi connectivity index (χ1) is 9.61. The summed E-state index contributed by atoms with van der Waals surface area (Å²) < 4.78 is 13.2. The summed E-state index contributed by atoms with van der Waals surface area (Å²) in [5, 5.41) is 11.1. The van der Waals surface area contributed by atoms with Crippen LogP contribution in [0.5, 0.6) is 0 Å². The van der Waals surface area contributed by atoms with Gasteiger partial charge in [-0.25, -0.2) is 9.37 Å². The van der Waals surface area contributed by atoms with Crippen molar-refractivity contribution in [3.8, 4) is 6.07 Å². The molecular formula is C14H9ClFN3O. The second kappa shape index (κ2) is 6.13. The van der Waals surface area contributed by atoms with Crippen LogP contribution < -0.4 is 5.32 Å². The molecule has 4 nitrogen and oxygen atoms in total. The zero-order chi connectivity index (χ0) is 14.5. The van der Waals surface area contributed by atoms with Crippen LogP contribution in [-0.2, 0) is 6.54 Å². The molecule has 1 amide bonds. The van der Waals surface area contributed by atoms with E-state index in [1.165, 1.54) is 24.4 Å². The van der Waals surface area contributed by atoms with Crippen LogP contribution in [0.3, 0.4) is 0 Å². The highest BCUT2D eigenvalue weighted by molar-refractivity contribution is 6.34. The van der Waals surface area contributed by atoms with Crippen LogP contribution in [0.4, 0.5) is 4.39 Å². The van der Waals surface area contributed by atoms with Gasteiger partial charge in [0.2, 0.25) is 0 Å². The van der Waals surface area contributed by atoms with E-state index in [9.17, 15) is 9.18 Å². The highest BCUT2D eigenvalue weighted by atomic mass is 35.5. The van der Waals surface area contributed by atoms with E-state index in [1.54, 1.807) is 12.1 Å². The van der Waals surface area contributed by atoms with Crippen molar-refractivity contribution in [2.24, 2.45) is 0 Å². The predicted octanol–water partition coefficient (Wildman–Crippen LogP) is 2.68. The van der Waals surface area contributed by atoms with Crippen molar-refractivity contribution in [2.45, 2.75) is 6.54 Å². The van der Waals surface area contributed by atoms with Crippen LogP contribution in [0.15, 0.2) is 36.5 Å². The Morgan fingerprint density at radius 1 is 1.45 bits per heavy atom. The Bertz CT molecular complexity index is 697. The van der Waals surface area contributed by atoms with Gasteiger partial charge in [-0.1, -0.05) is 17.7 Å². The number of carbonyl (C=O) groups is 1. The zero-order valence-electron chi connectivity index (χ0n) is 10.2. The smallest absolute Gasteiger partial charge is 0.253 e. The molecule has 0 saturated carbocycles. The summed E-state index contributed by atoms with van der Waals surface area (Å²) in [6.45, 7) is 0.197. The molecule has 0 bridgehead atoms. The maximum Gasteiger partial charge on any atom is 0.253 e. The van der Waals surface area contributed by atoms with Crippen LogP contribution in [0.25, 0.3) is 0 Å². The van der Waals surface area contributed by atoms with E-state index in [0.29, 0.717) is 0 Å². The fraction of sp³-hybridized carbons (Fsp3) is 0.0714. The molecule has 0 spiro atoms. The highest BCUT2D eigenvalue weighted by Crippen LogP contribution is 2.19. The Morgan fingerprint density at radius 3 is 3.00 bits per heavy atom. The number of halogens is 2. The van der Waals surface area contributed by atoms with Gasteiger partial charge in [0.15, 0.2) is 0 Å². The third-order valence-corrected chi connectivity index (χ3v) is 2.97. The molecule has 0 fully saturated rings. The monoisotopic (exact) mass is 289 g/mol. The number of nitrogens with one attached hydrogen (secondary N) is 1. The molecule has 1 heterocycles. The average Bonchev–Trinajstić information content (AvgIpc) is 2.48. The Labute approximate surface area is 119 Å². The van der Waals surface area contributed by atoms with Crippen LogP contribution in [0.2, 0.25) is 5.02 Å². The summed E-state index contributed by atoms with van der Waals surface area (Å²) in [6, 6.07) is 9.18. The van der Waals surface area contributed by atoms with Gasteiger partial charge in [-0.3, -0.25) is 4.79 Å². The quantitative estimate of drug-likeness (QED) is 0.944. The van der Waals surface area contributed by atoms with Crippen molar-refractivity contribution in [3.05, 3.63) is 64.2 Å². The predicted molar refractivity (Wildman–Crippen MR) is 71.5 cm³/mol. The van der Waals surface area contributed by atoms with Gasteiger partial charge >= 0.3 is 0 Å². The molecule has 0 aliphatic heterocycles. The fourth-order valence-corrected chi connectivity index (χ4v) is 1.81. The van der Waals surface area contributed by atoms with Crippen molar-refractivity contribution in [1.29, 1.82) is 5.26 Å². The first-order valence-corrected chi connectivity index (χ1v) is 6.07. The van der Waals surface area contributed by atoms with Gasteiger partial charge in [0.05, 0.1) is 10.6 Å². The number of hydrogen-bond donors (Lipinski definition) is 1. The molecule has 0 saturated heterocycles. The Hall–Kier alpha value is -2.45. The molecule has 20 heavy (non-hydrogen) atoms. The number of pyridine rings is 1. The van der Waals surface area contributed by atoms with Crippen LogP contribution >= 0.6 is 11.6 Å². The third-order valence-electron chi connectivity index (χ3n) is 2.59. The lowest BCUT2D eigenvalue weighted by atomic mass is 10.2. The highest BCUT2D eigenvalue weighted by Gasteiger charge is 2.13. The number of aromatic nitrogens is 1. The van der Waals surface area contributed by atoms with Crippen molar-refractivity contribution in [3.63, 3.8) is 0 Å². The average molecular weight is 290 g/mol. The lowest BCUT2D eigenvalue weighted by Crippen LogP contribution is -2.23. The maximum atomic E-state index is 13.2. The number of nitrogens with zero attached hydrogens (tertiary/aromatic N) is 2. The first-order valence-electron chi connectivity index (χ1n) is 5.69. The molecule has 2 aromatic rings. The number of amides is 1. The molecule has 1 aromatic heterocycles. The second-order valence-corrected chi connectivity index (χ2v) is 4.32. The summed E-state index contributed by atoms with van der Waals surface area (Å²) in [5.74, 6) is -1.13. The minimum atomic E-state index is -0.644. The van der Waals surface area contributed by atoms with E-state index in [2.05, 4.69) is 10.3 Å². The van der Waals surface area contributed by atoms with Crippen molar-refractivity contribution < 1.29 is 9.18 Å². The minimum absolute atomic E-state index is 0.0706. The van der Waals surface area contributed by atoms with E-state index in [1.807, 2.05) is 6.07 Å². The van der Waals surface area contributed by atoms with Crippen LogP contribution in [0.1, 0.15) is 21.6 Å². The number of hydrogen-bond acceptors (Lipinski definition) is 3. The normalized spacial score (nSPS) is 9.85. The Balaban J connectivity index is 2.09. The standard InChI is InChI=1S/C14H9ClFN3O/c15-13-11(2-1-3-12(13)16)14(20)19-8-9-4-5-18-10(6-9)7-17/h1-6H,8H2,(H,19,20). The number of carbonyl (C=O) groups excluding carboxylic acids is 1. The maximum absolute atomic E-state index is 13.2. The molecule has 0 aliphatic carbocycles. The Morgan fingerprint density at radius 2 is 2.25 bits per heavy atom. The molecule has 0 atom stereocenters. The van der Waals surface area contributed by atoms with E-state index in [4.69, 9.17) is 16.9 Å². The molecule has 2 rings (SSSR count). The van der Waals surface area contributed by atoms with Gasteiger partial charge in [0.25, 0.3) is 5.91 Å². The second-order valence-electron chi connectivity index (χ2n) is 3.95. The largest absolute Gasteiger partial charge is 0.348 e. The molecule has 100 valence electrons. The van der Waals surface area contributed by atoms with E-state index in [0.717, 1.165) is 5.56 Å². The molecule has 0 aliphatic rings. The zero-order valence-corrected chi connectivity index (χ0v) is 11.0. The van der Waals surface area contributed by atoms with Crippen molar-refractivity contribution in [1.82, 2.24) is 10.3 Å². The van der Waals surface area contributed by atoms with Gasteiger partial charge in [-0.05, 0) is 29.8 Å². The van der Waals surface area contributed by atoms with Crippen molar-refractivity contribution >= 4 is 17.5 Å². The summed E-state index contributed by atoms with van der Waals surface area (Å²) >= 11 is 5.73. The lowest BCUT2D eigenvalue weighted by molar-refractivity contribution is 0.0950. The van der Waals surface area contributed by atoms with E-state index >= 15 is 0 Å². The van der Waals surface area contributed by atoms with Gasteiger partial charge in [-0.2, -0.15) is 5.26 Å². The third kappa shape index (κ3) is 3.11. The molecule has 1 aromatic carbocycles. The molecular weight excluding hydrogens is 281 g/mol. The first kappa shape index (κ1) is 14.0. The fourth-order valence-electron chi connectivity index (χ4n) is 1.60. The Kier molecular flexibility index (Phi) is 4.28. The van der Waals surface area contributed by atoms with Gasteiger partial charge in [0, 0.05) is 12.7 Å². The van der Waals surface area contributed by atoms with Gasteiger partial charge in [0.1, 0.15) is 17.6 Å². The summed E-state index contributed by atoms with van der Waals surface area (Å²) in [5.41, 5.74) is 1.05. The van der Waals surface area contributed by atoms with Crippen LogP contribution in [0, 0.1) is 17.1 Å². The lowest BCUT2D eigenvalue weighted by Gasteiger charge is -2.07. The van der Waals surface area contributed by atoms with Crippen LogP contribution in [-0.4, -0.2) is 10.9 Å². The SMILES string of the molecule is N#Cc1cc(CNC(=O)c2cccc(F)c2Cl)ccn1. The van der Waals surface area contributed by atoms with Crippen molar-refractivity contribution in [2.75, 3.05) is 0 Å². The minimum Gasteiger partial charge on any atom is -0.348 e. The molecule has 0 unspecified atom stereocenters. The summed E-state index contributed by atoms with van der Waals surface area (Å²) in [4.78, 5) is 15.7.